The molecule has 2 bridgehead atoms. The highest BCUT2D eigenvalue weighted by Crippen LogP contribution is 2.22. The second-order valence-corrected chi connectivity index (χ2v) is 11.8. The molecule has 3 atom stereocenters. The lowest BCUT2D eigenvalue weighted by molar-refractivity contribution is -0.149. The van der Waals surface area contributed by atoms with Crippen LogP contribution in [0.1, 0.15) is 76.6 Å². The topological polar surface area (TPSA) is 120 Å². The SMILES string of the molecule is CC(C)CC(NC(=O)C(CC(=O)OCc1ccccc1)C(C)C)C(=O)CC1Cc2cc(ccn2)CCCC(=O)C1=O. The number of aryl methyl sites for hydroxylation is 1. The summed E-state index contributed by atoms with van der Waals surface area (Å²) in [7, 11) is 0. The van der Waals surface area contributed by atoms with Crippen LogP contribution in [0.5, 0.6) is 0 Å². The van der Waals surface area contributed by atoms with Crippen LogP contribution in [0.4, 0.5) is 0 Å². The third-order valence-corrected chi connectivity index (χ3v) is 7.48. The van der Waals surface area contributed by atoms with E-state index in [4.69, 9.17) is 4.74 Å². The number of carbonyl (C=O) groups excluding carboxylic acids is 5. The van der Waals surface area contributed by atoms with Gasteiger partial charge < -0.3 is 10.1 Å². The van der Waals surface area contributed by atoms with Gasteiger partial charge in [0.05, 0.1) is 18.4 Å². The summed E-state index contributed by atoms with van der Waals surface area (Å²) < 4.78 is 5.40. The van der Waals surface area contributed by atoms with E-state index < -0.39 is 41.3 Å². The van der Waals surface area contributed by atoms with Gasteiger partial charge in [-0.05, 0) is 54.4 Å². The Kier molecular flexibility index (Phi) is 11.9. The number of nitrogens with zero attached hydrogens (tertiary/aromatic N) is 1. The van der Waals surface area contributed by atoms with Gasteiger partial charge in [0.1, 0.15) is 6.61 Å². The van der Waals surface area contributed by atoms with Crippen LogP contribution in [-0.4, -0.2) is 40.3 Å². The predicted octanol–water partition coefficient (Wildman–Crippen LogP) is 4.61. The maximum absolute atomic E-state index is 13.6. The number of fused-ring (bicyclic) bond motifs is 2. The molecule has 41 heavy (non-hydrogen) atoms. The summed E-state index contributed by atoms with van der Waals surface area (Å²) in [6.45, 7) is 7.70. The molecule has 1 aromatic carbocycles. The highest BCUT2D eigenvalue weighted by atomic mass is 16.5. The van der Waals surface area contributed by atoms with Gasteiger partial charge in [0.15, 0.2) is 11.6 Å². The smallest absolute Gasteiger partial charge is 0.306 e. The normalized spacial score (nSPS) is 17.2. The van der Waals surface area contributed by atoms with E-state index >= 15 is 0 Å². The van der Waals surface area contributed by atoms with Gasteiger partial charge in [-0.25, -0.2) is 0 Å². The number of aromatic nitrogens is 1. The number of rotatable bonds is 12. The minimum Gasteiger partial charge on any atom is -0.461 e. The van der Waals surface area contributed by atoms with Crippen molar-refractivity contribution in [2.75, 3.05) is 0 Å². The Morgan fingerprint density at radius 2 is 1.76 bits per heavy atom. The maximum Gasteiger partial charge on any atom is 0.306 e. The lowest BCUT2D eigenvalue weighted by Gasteiger charge is -2.26. The van der Waals surface area contributed by atoms with E-state index in [2.05, 4.69) is 10.3 Å². The lowest BCUT2D eigenvalue weighted by atomic mass is 9.84. The summed E-state index contributed by atoms with van der Waals surface area (Å²) in [4.78, 5) is 69.7. The van der Waals surface area contributed by atoms with Crippen LogP contribution in [0.3, 0.4) is 0 Å². The number of Topliss-reactive ketones (excluding diaryl/α,β-unsaturated/α-hetero) is 3. The molecular formula is C33H42N2O6. The van der Waals surface area contributed by atoms with E-state index in [0.717, 1.165) is 11.1 Å². The van der Waals surface area contributed by atoms with Gasteiger partial charge in [-0.2, -0.15) is 0 Å². The molecule has 8 nitrogen and oxygen atoms in total. The number of esters is 1. The van der Waals surface area contributed by atoms with Crippen molar-refractivity contribution in [3.05, 3.63) is 65.5 Å². The number of amides is 1. The van der Waals surface area contributed by atoms with Gasteiger partial charge in [-0.1, -0.05) is 58.0 Å². The van der Waals surface area contributed by atoms with Crippen molar-refractivity contribution >= 4 is 29.2 Å². The first-order chi connectivity index (χ1) is 19.5. The quantitative estimate of drug-likeness (QED) is 0.296. The zero-order valence-electron chi connectivity index (χ0n) is 24.6. The molecule has 0 saturated heterocycles. The highest BCUT2D eigenvalue weighted by Gasteiger charge is 2.34. The van der Waals surface area contributed by atoms with Crippen molar-refractivity contribution in [3.63, 3.8) is 0 Å². The Morgan fingerprint density at radius 1 is 1.02 bits per heavy atom. The molecule has 1 N–H and O–H groups in total. The number of ether oxygens (including phenoxy) is 1. The molecule has 3 unspecified atom stereocenters. The van der Waals surface area contributed by atoms with Crippen molar-refractivity contribution in [3.8, 4) is 0 Å². The molecule has 0 radical (unpaired) electrons. The Hall–Kier alpha value is -3.68. The van der Waals surface area contributed by atoms with E-state index in [1.165, 1.54) is 0 Å². The average Bonchev–Trinajstić information content (AvgIpc) is 2.93. The van der Waals surface area contributed by atoms with Crippen molar-refractivity contribution < 1.29 is 28.7 Å². The Bertz CT molecular complexity index is 1220. The third-order valence-electron chi connectivity index (χ3n) is 7.48. The summed E-state index contributed by atoms with van der Waals surface area (Å²) in [6.07, 6.45) is 3.36. The maximum atomic E-state index is 13.6. The monoisotopic (exact) mass is 562 g/mol. The van der Waals surface area contributed by atoms with E-state index in [1.54, 1.807) is 6.20 Å². The fraction of sp³-hybridized carbons (Fsp3) is 0.515. The standard InChI is InChI=1S/C33H42N2O6/c1-21(2)15-28(35-33(40)27(22(3)4)19-31(38)41-20-24-9-6-5-7-10-24)30(37)18-25-17-26-16-23(13-14-34-26)11-8-12-29(36)32(25)39/h5-7,9-10,13-14,16,21-22,25,27-28H,8,11-12,15,17-20H2,1-4H3,(H,35,40). The van der Waals surface area contributed by atoms with Gasteiger partial charge in [0, 0.05) is 37.1 Å². The first-order valence-corrected chi connectivity index (χ1v) is 14.6. The van der Waals surface area contributed by atoms with E-state index in [1.807, 2.05) is 70.2 Å². The van der Waals surface area contributed by atoms with Gasteiger partial charge in [0.25, 0.3) is 0 Å². The molecule has 1 heterocycles. The van der Waals surface area contributed by atoms with Crippen molar-refractivity contribution in [1.82, 2.24) is 10.3 Å². The van der Waals surface area contributed by atoms with Gasteiger partial charge in [-0.15, -0.1) is 0 Å². The molecule has 0 spiro atoms. The van der Waals surface area contributed by atoms with E-state index in [9.17, 15) is 24.0 Å². The van der Waals surface area contributed by atoms with Crippen LogP contribution >= 0.6 is 0 Å². The zero-order chi connectivity index (χ0) is 29.9. The molecule has 2 aromatic rings. The largest absolute Gasteiger partial charge is 0.461 e. The van der Waals surface area contributed by atoms with Crippen LogP contribution in [0.25, 0.3) is 0 Å². The van der Waals surface area contributed by atoms with Crippen molar-refractivity contribution in [2.24, 2.45) is 23.7 Å². The van der Waals surface area contributed by atoms with Crippen LogP contribution in [0.15, 0.2) is 48.7 Å². The minimum absolute atomic E-state index is 0.0808. The summed E-state index contributed by atoms with van der Waals surface area (Å²) in [5.74, 6) is -3.84. The third kappa shape index (κ3) is 10.0. The van der Waals surface area contributed by atoms with Crippen LogP contribution < -0.4 is 5.32 Å². The summed E-state index contributed by atoms with van der Waals surface area (Å²) in [5.41, 5.74) is 2.57. The Morgan fingerprint density at radius 3 is 2.44 bits per heavy atom. The number of carbonyl (C=O) groups is 5. The minimum atomic E-state index is -0.846. The molecule has 0 saturated carbocycles. The fourth-order valence-corrected chi connectivity index (χ4v) is 5.12. The van der Waals surface area contributed by atoms with E-state index in [-0.39, 0.29) is 49.9 Å². The van der Waals surface area contributed by atoms with Crippen LogP contribution in [-0.2, 0) is 48.2 Å². The average molecular weight is 563 g/mol. The first kappa shape index (κ1) is 31.8. The number of nitrogens with one attached hydrogen (secondary N) is 1. The molecule has 3 rings (SSSR count). The molecular weight excluding hydrogens is 520 g/mol. The molecule has 1 amide bonds. The lowest BCUT2D eigenvalue weighted by Crippen LogP contribution is -2.47. The van der Waals surface area contributed by atoms with Gasteiger partial charge >= 0.3 is 5.97 Å². The number of ketones is 3. The Labute approximate surface area is 242 Å². The number of hydrogen-bond donors (Lipinski definition) is 1. The molecule has 0 aliphatic heterocycles. The zero-order valence-corrected chi connectivity index (χ0v) is 24.6. The molecule has 8 heteroatoms. The van der Waals surface area contributed by atoms with E-state index in [0.29, 0.717) is 25.0 Å². The molecule has 220 valence electrons. The highest BCUT2D eigenvalue weighted by molar-refractivity contribution is 6.38. The number of pyridine rings is 1. The summed E-state index contributed by atoms with van der Waals surface area (Å²) >= 11 is 0. The molecule has 1 aliphatic rings. The number of benzene rings is 1. The predicted molar refractivity (Wildman–Crippen MR) is 155 cm³/mol. The second-order valence-electron chi connectivity index (χ2n) is 11.8. The van der Waals surface area contributed by atoms with Crippen LogP contribution in [0.2, 0.25) is 0 Å². The Balaban J connectivity index is 1.70. The second kappa shape index (κ2) is 15.4. The van der Waals surface area contributed by atoms with Gasteiger partial charge in [0.2, 0.25) is 11.7 Å². The molecule has 0 fully saturated rings. The first-order valence-electron chi connectivity index (χ1n) is 14.6. The summed E-state index contributed by atoms with van der Waals surface area (Å²) in [6, 6.07) is 12.3. The van der Waals surface area contributed by atoms with Crippen molar-refractivity contribution in [2.45, 2.75) is 85.3 Å². The fourth-order valence-electron chi connectivity index (χ4n) is 5.12. The molecule has 1 aliphatic carbocycles. The number of hydrogen-bond acceptors (Lipinski definition) is 7. The van der Waals surface area contributed by atoms with Crippen LogP contribution in [0, 0.1) is 23.7 Å². The van der Waals surface area contributed by atoms with Crippen molar-refractivity contribution in [1.29, 1.82) is 0 Å². The summed E-state index contributed by atoms with van der Waals surface area (Å²) in [5, 5.41) is 2.87. The van der Waals surface area contributed by atoms with Gasteiger partial charge in [-0.3, -0.25) is 29.0 Å². The molecule has 1 aromatic heterocycles.